The number of benzene rings is 1. The van der Waals surface area contributed by atoms with Crippen molar-refractivity contribution >= 4 is 12.0 Å². The van der Waals surface area contributed by atoms with Gasteiger partial charge in [0.05, 0.1) is 0 Å². The molecule has 0 saturated heterocycles. The van der Waals surface area contributed by atoms with E-state index in [1.807, 2.05) is 0 Å². The van der Waals surface area contributed by atoms with Crippen LogP contribution < -0.4 is 10.6 Å². The molecule has 0 bridgehead atoms. The standard InChI is InChI=1S/C13H17FN2O3/c1-8(2)11(12(17)18)16-13(19)15-7-9-4-3-5-10(14)6-9/h3-6,8,11H,7H2,1-2H3,(H,17,18)(H2,15,16,19). The van der Waals surface area contributed by atoms with Crippen molar-refractivity contribution in [3.8, 4) is 0 Å². The molecular weight excluding hydrogens is 251 g/mol. The third-order valence-electron chi connectivity index (χ3n) is 2.56. The molecule has 1 aromatic carbocycles. The van der Waals surface area contributed by atoms with Crippen LogP contribution in [0.3, 0.4) is 0 Å². The first kappa shape index (κ1) is 14.9. The molecule has 1 atom stereocenters. The molecular formula is C13H17FN2O3. The van der Waals surface area contributed by atoms with E-state index in [-0.39, 0.29) is 18.3 Å². The maximum atomic E-state index is 12.9. The summed E-state index contributed by atoms with van der Waals surface area (Å²) in [4.78, 5) is 22.4. The van der Waals surface area contributed by atoms with Crippen LogP contribution in [-0.2, 0) is 11.3 Å². The summed E-state index contributed by atoms with van der Waals surface area (Å²) >= 11 is 0. The lowest BCUT2D eigenvalue weighted by atomic mass is 10.1. The van der Waals surface area contributed by atoms with E-state index in [1.54, 1.807) is 26.0 Å². The van der Waals surface area contributed by atoms with Gasteiger partial charge in [0.25, 0.3) is 0 Å². The molecule has 0 aliphatic rings. The maximum Gasteiger partial charge on any atom is 0.326 e. The number of hydrogen-bond donors (Lipinski definition) is 3. The van der Waals surface area contributed by atoms with Crippen molar-refractivity contribution < 1.29 is 19.1 Å². The molecule has 1 aromatic rings. The molecule has 0 heterocycles. The van der Waals surface area contributed by atoms with Gasteiger partial charge in [-0.15, -0.1) is 0 Å². The third kappa shape index (κ3) is 4.95. The first-order chi connectivity index (χ1) is 8.90. The van der Waals surface area contributed by atoms with E-state index in [9.17, 15) is 14.0 Å². The Labute approximate surface area is 110 Å². The van der Waals surface area contributed by atoms with Gasteiger partial charge in [-0.05, 0) is 23.6 Å². The summed E-state index contributed by atoms with van der Waals surface area (Å²) < 4.78 is 12.9. The molecule has 1 unspecified atom stereocenters. The summed E-state index contributed by atoms with van der Waals surface area (Å²) in [6.07, 6.45) is 0. The Morgan fingerprint density at radius 1 is 1.37 bits per heavy atom. The number of nitrogens with one attached hydrogen (secondary N) is 2. The van der Waals surface area contributed by atoms with Crippen LogP contribution in [0.25, 0.3) is 0 Å². The Hall–Kier alpha value is -2.11. The van der Waals surface area contributed by atoms with Crippen LogP contribution in [-0.4, -0.2) is 23.1 Å². The maximum absolute atomic E-state index is 12.9. The molecule has 0 fully saturated rings. The van der Waals surface area contributed by atoms with Crippen molar-refractivity contribution in [2.45, 2.75) is 26.4 Å². The van der Waals surface area contributed by atoms with Crippen molar-refractivity contribution in [3.05, 3.63) is 35.6 Å². The number of urea groups is 1. The molecule has 0 aromatic heterocycles. The molecule has 19 heavy (non-hydrogen) atoms. The monoisotopic (exact) mass is 268 g/mol. The fraction of sp³-hybridized carbons (Fsp3) is 0.385. The average molecular weight is 268 g/mol. The summed E-state index contributed by atoms with van der Waals surface area (Å²) in [5.41, 5.74) is 0.603. The Morgan fingerprint density at radius 2 is 2.05 bits per heavy atom. The zero-order valence-electron chi connectivity index (χ0n) is 10.8. The van der Waals surface area contributed by atoms with E-state index >= 15 is 0 Å². The molecule has 0 saturated carbocycles. The van der Waals surface area contributed by atoms with Crippen molar-refractivity contribution in [2.24, 2.45) is 5.92 Å². The zero-order valence-corrected chi connectivity index (χ0v) is 10.8. The summed E-state index contributed by atoms with van der Waals surface area (Å²) in [7, 11) is 0. The number of carboxylic acids is 1. The van der Waals surface area contributed by atoms with Crippen molar-refractivity contribution in [2.75, 3.05) is 0 Å². The van der Waals surface area contributed by atoms with E-state index in [0.29, 0.717) is 5.56 Å². The van der Waals surface area contributed by atoms with Gasteiger partial charge < -0.3 is 15.7 Å². The van der Waals surface area contributed by atoms with E-state index in [2.05, 4.69) is 10.6 Å². The number of hydrogen-bond acceptors (Lipinski definition) is 2. The molecule has 0 radical (unpaired) electrons. The molecule has 1 rings (SSSR count). The summed E-state index contributed by atoms with van der Waals surface area (Å²) in [6, 6.07) is 4.27. The minimum absolute atomic E-state index is 0.133. The highest BCUT2D eigenvalue weighted by atomic mass is 19.1. The number of carbonyl (C=O) groups excluding carboxylic acids is 1. The molecule has 5 nitrogen and oxygen atoms in total. The van der Waals surface area contributed by atoms with Crippen molar-refractivity contribution in [3.63, 3.8) is 0 Å². The largest absolute Gasteiger partial charge is 0.480 e. The van der Waals surface area contributed by atoms with Gasteiger partial charge in [-0.25, -0.2) is 14.0 Å². The van der Waals surface area contributed by atoms with Gasteiger partial charge in [0.2, 0.25) is 0 Å². The SMILES string of the molecule is CC(C)C(NC(=O)NCc1cccc(F)c1)C(=O)O. The Balaban J connectivity index is 2.49. The highest BCUT2D eigenvalue weighted by Crippen LogP contribution is 2.04. The number of carboxylic acid groups (broad SMARTS) is 1. The predicted molar refractivity (Wildman–Crippen MR) is 68.0 cm³/mol. The zero-order chi connectivity index (χ0) is 14.4. The van der Waals surface area contributed by atoms with Crippen molar-refractivity contribution in [1.29, 1.82) is 0 Å². The Bertz CT molecular complexity index is 463. The number of rotatable bonds is 5. The number of carbonyl (C=O) groups is 2. The van der Waals surface area contributed by atoms with Gasteiger partial charge in [-0.1, -0.05) is 26.0 Å². The molecule has 104 valence electrons. The summed E-state index contributed by atoms with van der Waals surface area (Å²) in [5.74, 6) is -1.70. The van der Waals surface area contributed by atoms with E-state index in [0.717, 1.165) is 0 Å². The van der Waals surface area contributed by atoms with Gasteiger partial charge in [0.15, 0.2) is 0 Å². The quantitative estimate of drug-likeness (QED) is 0.761. The first-order valence-corrected chi connectivity index (χ1v) is 5.91. The molecule has 0 spiro atoms. The second-order valence-electron chi connectivity index (χ2n) is 4.52. The van der Waals surface area contributed by atoms with Crippen LogP contribution in [0, 0.1) is 11.7 Å². The van der Waals surface area contributed by atoms with E-state index in [1.165, 1.54) is 12.1 Å². The van der Waals surface area contributed by atoms with Crippen LogP contribution >= 0.6 is 0 Å². The van der Waals surface area contributed by atoms with Crippen molar-refractivity contribution in [1.82, 2.24) is 10.6 Å². The van der Waals surface area contributed by atoms with Gasteiger partial charge in [0, 0.05) is 6.54 Å². The molecule has 0 aliphatic carbocycles. The second-order valence-corrected chi connectivity index (χ2v) is 4.52. The fourth-order valence-corrected chi connectivity index (χ4v) is 1.54. The minimum Gasteiger partial charge on any atom is -0.480 e. The Kier molecular flexibility index (Phi) is 5.29. The highest BCUT2D eigenvalue weighted by Gasteiger charge is 2.23. The van der Waals surface area contributed by atoms with Crippen LogP contribution in [0.4, 0.5) is 9.18 Å². The number of halogens is 1. The second kappa shape index (κ2) is 6.72. The number of aliphatic carboxylic acids is 1. The normalized spacial score (nSPS) is 12.0. The minimum atomic E-state index is -1.09. The smallest absolute Gasteiger partial charge is 0.326 e. The lowest BCUT2D eigenvalue weighted by molar-refractivity contribution is -0.140. The Morgan fingerprint density at radius 3 is 2.58 bits per heavy atom. The predicted octanol–water partition coefficient (Wildman–Crippen LogP) is 1.73. The van der Waals surface area contributed by atoms with Crippen LogP contribution in [0.5, 0.6) is 0 Å². The summed E-state index contributed by atoms with van der Waals surface area (Å²) in [5, 5.41) is 13.8. The lowest BCUT2D eigenvalue weighted by Crippen LogP contribution is -2.48. The van der Waals surface area contributed by atoms with Gasteiger partial charge >= 0.3 is 12.0 Å². The molecule has 6 heteroatoms. The third-order valence-corrected chi connectivity index (χ3v) is 2.56. The van der Waals surface area contributed by atoms with Gasteiger partial charge in [0.1, 0.15) is 11.9 Å². The fourth-order valence-electron chi connectivity index (χ4n) is 1.54. The van der Waals surface area contributed by atoms with Crippen LogP contribution in [0.1, 0.15) is 19.4 Å². The molecule has 2 amide bonds. The van der Waals surface area contributed by atoms with Gasteiger partial charge in [-0.2, -0.15) is 0 Å². The summed E-state index contributed by atoms with van der Waals surface area (Å²) in [6.45, 7) is 3.53. The first-order valence-electron chi connectivity index (χ1n) is 5.91. The van der Waals surface area contributed by atoms with Crippen LogP contribution in [0.15, 0.2) is 24.3 Å². The van der Waals surface area contributed by atoms with Gasteiger partial charge in [-0.3, -0.25) is 0 Å². The van der Waals surface area contributed by atoms with E-state index < -0.39 is 18.0 Å². The van der Waals surface area contributed by atoms with Crippen LogP contribution in [0.2, 0.25) is 0 Å². The topological polar surface area (TPSA) is 78.4 Å². The molecule has 3 N–H and O–H groups in total. The number of amides is 2. The molecule has 0 aliphatic heterocycles. The lowest BCUT2D eigenvalue weighted by Gasteiger charge is -2.18. The van der Waals surface area contributed by atoms with E-state index in [4.69, 9.17) is 5.11 Å². The average Bonchev–Trinajstić information content (AvgIpc) is 2.32. The highest BCUT2D eigenvalue weighted by molar-refractivity contribution is 5.82.